The number of carbonyl (C=O) groups is 3. The highest BCUT2D eigenvalue weighted by atomic mass is 16.2. The fraction of sp³-hybridized carbons (Fsp3) is 0.571. The van der Waals surface area contributed by atoms with Crippen LogP contribution in [0.3, 0.4) is 0 Å². The van der Waals surface area contributed by atoms with E-state index in [0.29, 0.717) is 6.54 Å². The van der Waals surface area contributed by atoms with Crippen LogP contribution in [-0.4, -0.2) is 49.8 Å². The summed E-state index contributed by atoms with van der Waals surface area (Å²) in [7, 11) is 4.13. The predicted molar refractivity (Wildman–Crippen MR) is 102 cm³/mol. The first-order chi connectivity index (χ1) is 13.0. The monoisotopic (exact) mass is 372 g/mol. The molecule has 0 aromatic heterocycles. The van der Waals surface area contributed by atoms with E-state index < -0.39 is 0 Å². The maximum atomic E-state index is 12.5. The largest absolute Gasteiger partial charge is 0.350 e. The van der Waals surface area contributed by atoms with Gasteiger partial charge in [0.2, 0.25) is 17.7 Å². The molecule has 6 heteroatoms. The minimum atomic E-state index is -0.144. The smallest absolute Gasteiger partial charge is 0.233 e. The number of carbonyl (C=O) groups excluding carboxylic acids is 3. The van der Waals surface area contributed by atoms with E-state index in [1.807, 2.05) is 18.2 Å². The number of nitrogens with zero attached hydrogens (tertiary/aromatic N) is 1. The lowest BCUT2D eigenvalue weighted by atomic mass is 9.81. The molecule has 1 saturated carbocycles. The van der Waals surface area contributed by atoms with Gasteiger partial charge in [0.15, 0.2) is 0 Å². The van der Waals surface area contributed by atoms with E-state index in [-0.39, 0.29) is 48.6 Å². The highest BCUT2D eigenvalue weighted by Crippen LogP contribution is 2.37. The maximum Gasteiger partial charge on any atom is 0.233 e. The quantitative estimate of drug-likeness (QED) is 0.687. The van der Waals surface area contributed by atoms with Gasteiger partial charge in [-0.2, -0.15) is 0 Å². The molecule has 2 aliphatic rings. The molecule has 3 atom stereocenters. The lowest BCUT2D eigenvalue weighted by Crippen LogP contribution is -3.07. The minimum Gasteiger partial charge on any atom is -0.350 e. The second-order valence-electron chi connectivity index (χ2n) is 7.92. The van der Waals surface area contributed by atoms with Gasteiger partial charge in [-0.1, -0.05) is 43.2 Å². The Morgan fingerprint density at radius 1 is 1.11 bits per heavy atom. The van der Waals surface area contributed by atoms with Gasteiger partial charge in [-0.25, -0.2) is 0 Å². The van der Waals surface area contributed by atoms with Crippen LogP contribution in [0.1, 0.15) is 43.7 Å². The first-order valence-corrected chi connectivity index (χ1v) is 9.96. The van der Waals surface area contributed by atoms with Crippen molar-refractivity contribution in [1.82, 2.24) is 10.2 Å². The number of amides is 3. The van der Waals surface area contributed by atoms with E-state index in [1.165, 1.54) is 15.4 Å². The predicted octanol–water partition coefficient (Wildman–Crippen LogP) is 0.554. The molecule has 0 unspecified atom stereocenters. The van der Waals surface area contributed by atoms with Gasteiger partial charge in [0.25, 0.3) is 0 Å². The standard InChI is InChI=1S/C21H29N3O3/c1-23(2)18(15-8-4-3-5-9-15)14-22-19(25)12-13-24-20(26)16-10-6-7-11-17(16)21(24)27/h3-5,8-9,16-18H,6-7,10-14H2,1-2H3,(H,22,25)/p+1/t16-,17-,18+/m0/s1. The van der Waals surface area contributed by atoms with Crippen molar-refractivity contribution in [2.24, 2.45) is 11.8 Å². The van der Waals surface area contributed by atoms with Crippen molar-refractivity contribution in [2.75, 3.05) is 27.2 Å². The Hall–Kier alpha value is -2.21. The number of hydrogen-bond acceptors (Lipinski definition) is 3. The summed E-state index contributed by atoms with van der Waals surface area (Å²) >= 11 is 0. The van der Waals surface area contributed by atoms with Crippen molar-refractivity contribution in [1.29, 1.82) is 0 Å². The molecule has 146 valence electrons. The Morgan fingerprint density at radius 2 is 1.70 bits per heavy atom. The van der Waals surface area contributed by atoms with Crippen molar-refractivity contribution in [3.8, 4) is 0 Å². The molecule has 1 aromatic carbocycles. The second-order valence-corrected chi connectivity index (χ2v) is 7.92. The maximum absolute atomic E-state index is 12.5. The number of nitrogens with one attached hydrogen (secondary N) is 2. The first-order valence-electron chi connectivity index (χ1n) is 9.96. The third-order valence-corrected chi connectivity index (χ3v) is 5.90. The summed E-state index contributed by atoms with van der Waals surface area (Å²) in [5, 5.41) is 2.97. The molecule has 1 saturated heterocycles. The van der Waals surface area contributed by atoms with Crippen LogP contribution in [-0.2, 0) is 14.4 Å². The van der Waals surface area contributed by atoms with Crippen molar-refractivity contribution in [3.05, 3.63) is 35.9 Å². The van der Waals surface area contributed by atoms with E-state index in [1.54, 1.807) is 0 Å². The van der Waals surface area contributed by atoms with Gasteiger partial charge in [0, 0.05) is 18.5 Å². The molecule has 3 amide bonds. The average Bonchev–Trinajstić information content (AvgIpc) is 2.91. The number of likely N-dealkylation sites (N-methyl/N-ethyl adjacent to an activating group) is 1. The van der Waals surface area contributed by atoms with Crippen LogP contribution in [0.2, 0.25) is 0 Å². The lowest BCUT2D eigenvalue weighted by Gasteiger charge is -2.22. The zero-order valence-corrected chi connectivity index (χ0v) is 16.2. The van der Waals surface area contributed by atoms with E-state index in [2.05, 4.69) is 31.5 Å². The molecule has 2 N–H and O–H groups in total. The summed E-state index contributed by atoms with van der Waals surface area (Å²) in [6.07, 6.45) is 3.82. The zero-order chi connectivity index (χ0) is 19.4. The van der Waals surface area contributed by atoms with Crippen LogP contribution in [0.5, 0.6) is 0 Å². The average molecular weight is 372 g/mol. The number of fused-ring (bicyclic) bond motifs is 1. The van der Waals surface area contributed by atoms with Gasteiger partial charge in [-0.05, 0) is 12.8 Å². The molecule has 0 bridgehead atoms. The van der Waals surface area contributed by atoms with E-state index in [9.17, 15) is 14.4 Å². The Kier molecular flexibility index (Phi) is 6.26. The third kappa shape index (κ3) is 4.38. The summed E-state index contributed by atoms with van der Waals surface area (Å²) in [6, 6.07) is 10.3. The molecule has 1 aliphatic heterocycles. The van der Waals surface area contributed by atoms with Gasteiger partial charge < -0.3 is 10.2 Å². The number of likely N-dealkylation sites (tertiary alicyclic amines) is 1. The number of benzene rings is 1. The first kappa shape index (κ1) is 19.5. The molecule has 1 aliphatic carbocycles. The van der Waals surface area contributed by atoms with Crippen LogP contribution in [0.15, 0.2) is 30.3 Å². The Labute approximate surface area is 160 Å². The van der Waals surface area contributed by atoms with Gasteiger partial charge in [0.05, 0.1) is 32.5 Å². The van der Waals surface area contributed by atoms with E-state index in [4.69, 9.17) is 0 Å². The van der Waals surface area contributed by atoms with E-state index in [0.717, 1.165) is 25.7 Å². The molecule has 27 heavy (non-hydrogen) atoms. The Bertz CT molecular complexity index is 665. The van der Waals surface area contributed by atoms with Crippen LogP contribution < -0.4 is 10.2 Å². The molecule has 1 heterocycles. The number of quaternary nitrogens is 1. The number of hydrogen-bond donors (Lipinski definition) is 2. The van der Waals surface area contributed by atoms with Gasteiger partial charge in [-0.3, -0.25) is 19.3 Å². The van der Waals surface area contributed by atoms with Gasteiger partial charge in [0.1, 0.15) is 6.04 Å². The molecule has 0 spiro atoms. The van der Waals surface area contributed by atoms with Crippen LogP contribution in [0.25, 0.3) is 0 Å². The van der Waals surface area contributed by atoms with Gasteiger partial charge >= 0.3 is 0 Å². The minimum absolute atomic E-state index is 0.0719. The molecule has 3 rings (SSSR count). The zero-order valence-electron chi connectivity index (χ0n) is 16.2. The summed E-state index contributed by atoms with van der Waals surface area (Å²) in [5.74, 6) is -0.550. The lowest BCUT2D eigenvalue weighted by molar-refractivity contribution is -0.890. The summed E-state index contributed by atoms with van der Waals surface area (Å²) in [4.78, 5) is 39.8. The second kappa shape index (κ2) is 8.65. The molecular weight excluding hydrogens is 342 g/mol. The van der Waals surface area contributed by atoms with Crippen molar-refractivity contribution >= 4 is 17.7 Å². The number of rotatable bonds is 7. The van der Waals surface area contributed by atoms with E-state index >= 15 is 0 Å². The van der Waals surface area contributed by atoms with Crippen molar-refractivity contribution in [2.45, 2.75) is 38.1 Å². The van der Waals surface area contributed by atoms with Crippen LogP contribution in [0, 0.1) is 11.8 Å². The van der Waals surface area contributed by atoms with Crippen LogP contribution in [0.4, 0.5) is 0 Å². The molecular formula is C21H30N3O3+. The normalized spacial score (nSPS) is 23.4. The molecule has 2 fully saturated rings. The highest BCUT2D eigenvalue weighted by molar-refractivity contribution is 6.05. The summed E-state index contributed by atoms with van der Waals surface area (Å²) in [5.41, 5.74) is 1.17. The topological polar surface area (TPSA) is 70.9 Å². The van der Waals surface area contributed by atoms with Crippen LogP contribution >= 0.6 is 0 Å². The molecule has 6 nitrogen and oxygen atoms in total. The molecule has 0 radical (unpaired) electrons. The SMILES string of the molecule is C[NH+](C)[C@H](CNC(=O)CCN1C(=O)[C@H]2CCCC[C@@H]2C1=O)c1ccccc1. The van der Waals surface area contributed by atoms with Crippen molar-refractivity contribution < 1.29 is 19.3 Å². The summed E-state index contributed by atoms with van der Waals surface area (Å²) < 4.78 is 0. The number of imide groups is 1. The molecule has 1 aromatic rings. The summed E-state index contributed by atoms with van der Waals surface area (Å²) in [6.45, 7) is 0.722. The fourth-order valence-corrected chi connectivity index (χ4v) is 4.31. The highest BCUT2D eigenvalue weighted by Gasteiger charge is 2.47. The Balaban J connectivity index is 1.51. The third-order valence-electron chi connectivity index (χ3n) is 5.90. The fourth-order valence-electron chi connectivity index (χ4n) is 4.31. The van der Waals surface area contributed by atoms with Gasteiger partial charge in [-0.15, -0.1) is 0 Å². The Morgan fingerprint density at radius 3 is 2.26 bits per heavy atom. The van der Waals surface area contributed by atoms with Crippen molar-refractivity contribution in [3.63, 3.8) is 0 Å².